The zero-order valence-electron chi connectivity index (χ0n) is 8.95. The van der Waals surface area contributed by atoms with E-state index in [1.54, 1.807) is 18.2 Å². The summed E-state index contributed by atoms with van der Waals surface area (Å²) in [5.74, 6) is -1.84. The highest BCUT2D eigenvalue weighted by Gasteiger charge is 2.11. The van der Waals surface area contributed by atoms with Crippen molar-refractivity contribution in [1.29, 1.82) is 0 Å². The van der Waals surface area contributed by atoms with E-state index in [-0.39, 0.29) is 10.6 Å². The fourth-order valence-corrected chi connectivity index (χ4v) is 2.00. The number of halogens is 3. The Morgan fingerprint density at radius 1 is 1.17 bits per heavy atom. The van der Waals surface area contributed by atoms with E-state index in [9.17, 15) is 9.18 Å². The van der Waals surface area contributed by atoms with E-state index in [2.05, 4.69) is 0 Å². The Bertz CT molecular complexity index is 626. The number of rotatable bonds is 2. The van der Waals surface area contributed by atoms with Crippen LogP contribution in [0.25, 0.3) is 11.1 Å². The van der Waals surface area contributed by atoms with Crippen LogP contribution in [0, 0.1) is 5.82 Å². The summed E-state index contributed by atoms with van der Waals surface area (Å²) in [4.78, 5) is 10.9. The number of hydrogen-bond donors (Lipinski definition) is 1. The molecule has 0 amide bonds. The highest BCUT2D eigenvalue weighted by molar-refractivity contribution is 6.43. The Morgan fingerprint density at radius 3 is 2.56 bits per heavy atom. The smallest absolute Gasteiger partial charge is 0.335 e. The molecule has 0 atom stereocenters. The minimum absolute atomic E-state index is 0.138. The predicted molar refractivity (Wildman–Crippen MR) is 68.8 cm³/mol. The van der Waals surface area contributed by atoms with E-state index in [1.165, 1.54) is 12.1 Å². The van der Waals surface area contributed by atoms with Crippen LogP contribution < -0.4 is 0 Å². The monoisotopic (exact) mass is 284 g/mol. The molecule has 1 N–H and O–H groups in total. The van der Waals surface area contributed by atoms with Crippen molar-refractivity contribution in [3.63, 3.8) is 0 Å². The molecule has 0 saturated carbocycles. The molecule has 2 aromatic rings. The zero-order valence-corrected chi connectivity index (χ0v) is 10.5. The summed E-state index contributed by atoms with van der Waals surface area (Å²) in [5, 5.41) is 9.47. The lowest BCUT2D eigenvalue weighted by Crippen LogP contribution is -1.97. The largest absolute Gasteiger partial charge is 0.478 e. The maximum absolute atomic E-state index is 13.4. The molecule has 18 heavy (non-hydrogen) atoms. The molecule has 2 nitrogen and oxygen atoms in total. The second-order valence-corrected chi connectivity index (χ2v) is 4.42. The molecular formula is C13H7Cl2FO2. The van der Waals surface area contributed by atoms with Gasteiger partial charge in [-0.05, 0) is 29.8 Å². The van der Waals surface area contributed by atoms with Crippen molar-refractivity contribution in [2.75, 3.05) is 0 Å². The first-order valence-electron chi connectivity index (χ1n) is 4.97. The van der Waals surface area contributed by atoms with Crippen molar-refractivity contribution >= 4 is 29.2 Å². The zero-order chi connectivity index (χ0) is 13.3. The fourth-order valence-electron chi connectivity index (χ4n) is 1.60. The van der Waals surface area contributed by atoms with Gasteiger partial charge >= 0.3 is 5.97 Å². The van der Waals surface area contributed by atoms with Crippen molar-refractivity contribution in [2.45, 2.75) is 0 Å². The third kappa shape index (κ3) is 2.47. The highest BCUT2D eigenvalue weighted by Crippen LogP contribution is 2.34. The molecule has 0 bridgehead atoms. The average molecular weight is 285 g/mol. The molecule has 0 radical (unpaired) electrons. The van der Waals surface area contributed by atoms with Crippen molar-refractivity contribution in [3.05, 3.63) is 57.8 Å². The highest BCUT2D eigenvalue weighted by atomic mass is 35.5. The summed E-state index contributed by atoms with van der Waals surface area (Å²) in [6, 6.07) is 8.42. The third-order valence-electron chi connectivity index (χ3n) is 2.41. The summed E-state index contributed by atoms with van der Waals surface area (Å²) in [6.07, 6.45) is 0. The minimum Gasteiger partial charge on any atom is -0.478 e. The second-order valence-electron chi connectivity index (χ2n) is 3.64. The van der Waals surface area contributed by atoms with Gasteiger partial charge in [0.2, 0.25) is 0 Å². The SMILES string of the molecule is O=C(O)c1cc(F)cc(-c2cccc(Cl)c2Cl)c1. The third-order valence-corrected chi connectivity index (χ3v) is 3.23. The quantitative estimate of drug-likeness (QED) is 0.882. The number of benzene rings is 2. The van der Waals surface area contributed by atoms with Gasteiger partial charge in [-0.1, -0.05) is 35.3 Å². The van der Waals surface area contributed by atoms with Crippen LogP contribution in [0.15, 0.2) is 36.4 Å². The molecule has 5 heteroatoms. The van der Waals surface area contributed by atoms with Crippen LogP contribution in [0.4, 0.5) is 4.39 Å². The lowest BCUT2D eigenvalue weighted by molar-refractivity contribution is 0.0696. The Labute approximate surface area is 113 Å². The van der Waals surface area contributed by atoms with Gasteiger partial charge in [-0.2, -0.15) is 0 Å². The first-order valence-corrected chi connectivity index (χ1v) is 5.73. The summed E-state index contributed by atoms with van der Waals surface area (Å²) < 4.78 is 13.4. The summed E-state index contributed by atoms with van der Waals surface area (Å²) in [5.41, 5.74) is 0.729. The van der Waals surface area contributed by atoms with Gasteiger partial charge in [0.15, 0.2) is 0 Å². The van der Waals surface area contributed by atoms with E-state index in [1.807, 2.05) is 0 Å². The molecule has 0 unspecified atom stereocenters. The van der Waals surface area contributed by atoms with Gasteiger partial charge in [0.1, 0.15) is 5.82 Å². The van der Waals surface area contributed by atoms with Crippen LogP contribution in [0.3, 0.4) is 0 Å². The Kier molecular flexibility index (Phi) is 3.55. The van der Waals surface area contributed by atoms with Crippen molar-refractivity contribution in [1.82, 2.24) is 0 Å². The van der Waals surface area contributed by atoms with E-state index >= 15 is 0 Å². The van der Waals surface area contributed by atoms with Crippen LogP contribution in [-0.4, -0.2) is 11.1 Å². The molecule has 2 rings (SSSR count). The van der Waals surface area contributed by atoms with E-state index in [4.69, 9.17) is 28.3 Å². The van der Waals surface area contributed by atoms with Crippen LogP contribution in [0.2, 0.25) is 10.0 Å². The topological polar surface area (TPSA) is 37.3 Å². The predicted octanol–water partition coefficient (Wildman–Crippen LogP) is 4.50. The van der Waals surface area contributed by atoms with Gasteiger partial charge in [0.25, 0.3) is 0 Å². The first-order chi connectivity index (χ1) is 8.49. The van der Waals surface area contributed by atoms with Crippen LogP contribution >= 0.6 is 23.2 Å². The fraction of sp³-hybridized carbons (Fsp3) is 0. The molecule has 92 valence electrons. The number of carbonyl (C=O) groups is 1. The summed E-state index contributed by atoms with van der Waals surface area (Å²) in [6.45, 7) is 0. The maximum Gasteiger partial charge on any atom is 0.335 e. The minimum atomic E-state index is -1.20. The van der Waals surface area contributed by atoms with Gasteiger partial charge in [-0.3, -0.25) is 0 Å². The lowest BCUT2D eigenvalue weighted by atomic mass is 10.0. The Hall–Kier alpha value is -1.58. The summed E-state index contributed by atoms with van der Waals surface area (Å²) >= 11 is 11.9. The standard InChI is InChI=1S/C13H7Cl2FO2/c14-11-3-1-2-10(12(11)15)7-4-8(13(17)18)6-9(16)5-7/h1-6H,(H,17,18). The van der Waals surface area contributed by atoms with Crippen molar-refractivity contribution in [3.8, 4) is 11.1 Å². The van der Waals surface area contributed by atoms with Crippen molar-refractivity contribution in [2.24, 2.45) is 0 Å². The van der Waals surface area contributed by atoms with Gasteiger partial charge in [0.05, 0.1) is 15.6 Å². The Balaban J connectivity index is 2.64. The molecule has 0 aromatic heterocycles. The second kappa shape index (κ2) is 4.96. The first kappa shape index (κ1) is 12.9. The van der Waals surface area contributed by atoms with Crippen molar-refractivity contribution < 1.29 is 14.3 Å². The molecule has 0 aliphatic heterocycles. The average Bonchev–Trinajstić information content (AvgIpc) is 2.31. The van der Waals surface area contributed by atoms with Crippen LogP contribution in [0.5, 0.6) is 0 Å². The molecule has 2 aromatic carbocycles. The molecule has 0 spiro atoms. The van der Waals surface area contributed by atoms with E-state index in [0.717, 1.165) is 6.07 Å². The van der Waals surface area contributed by atoms with Gasteiger partial charge in [-0.15, -0.1) is 0 Å². The normalized spacial score (nSPS) is 10.4. The number of carboxylic acid groups (broad SMARTS) is 1. The summed E-state index contributed by atoms with van der Waals surface area (Å²) in [7, 11) is 0. The molecule has 0 aliphatic rings. The van der Waals surface area contributed by atoms with E-state index in [0.29, 0.717) is 16.1 Å². The van der Waals surface area contributed by atoms with Gasteiger partial charge < -0.3 is 5.11 Å². The molecule has 0 saturated heterocycles. The molecule has 0 aliphatic carbocycles. The number of hydrogen-bond acceptors (Lipinski definition) is 1. The molecule has 0 fully saturated rings. The number of carboxylic acids is 1. The Morgan fingerprint density at radius 2 is 1.89 bits per heavy atom. The van der Waals surface area contributed by atoms with Crippen LogP contribution in [0.1, 0.15) is 10.4 Å². The number of aromatic carboxylic acids is 1. The van der Waals surface area contributed by atoms with Gasteiger partial charge in [-0.25, -0.2) is 9.18 Å². The molecule has 0 heterocycles. The van der Waals surface area contributed by atoms with Crippen LogP contribution in [-0.2, 0) is 0 Å². The maximum atomic E-state index is 13.4. The van der Waals surface area contributed by atoms with E-state index < -0.39 is 11.8 Å². The molecular weight excluding hydrogens is 278 g/mol. The van der Waals surface area contributed by atoms with Gasteiger partial charge in [0, 0.05) is 5.56 Å². The lowest BCUT2D eigenvalue weighted by Gasteiger charge is -2.07.